The van der Waals surface area contributed by atoms with E-state index < -0.39 is 46.5 Å². The summed E-state index contributed by atoms with van der Waals surface area (Å²) in [6.45, 7) is 0.553. The quantitative estimate of drug-likeness (QED) is 0.205. The average molecular weight is 542 g/mol. The van der Waals surface area contributed by atoms with Gasteiger partial charge in [-0.1, -0.05) is 11.6 Å². The molecule has 1 fully saturated rings. The van der Waals surface area contributed by atoms with E-state index in [-0.39, 0.29) is 67.7 Å². The Morgan fingerprint density at radius 3 is 2.40 bits per heavy atom. The number of aromatic amines is 4. The van der Waals surface area contributed by atoms with Gasteiger partial charge in [-0.05, 0) is 12.8 Å². The average Bonchev–Trinajstić information content (AvgIpc) is 3.28. The summed E-state index contributed by atoms with van der Waals surface area (Å²) in [6.07, 6.45) is 3.16. The second kappa shape index (κ2) is 14.0. The fourth-order valence-electron chi connectivity index (χ4n) is 2.39. The summed E-state index contributed by atoms with van der Waals surface area (Å²) in [6, 6.07) is 1.02. The van der Waals surface area contributed by atoms with Gasteiger partial charge in [0.15, 0.2) is 0 Å². The number of carboxylic acid groups (broad SMARTS) is 1. The summed E-state index contributed by atoms with van der Waals surface area (Å²) in [5.41, 5.74) is -3.86. The standard InChI is InChI=1S/C8H9FN2O3.C5H4ClNO2.C4H3N3O4.K/c9-5-4-11(6-2-1-3-14-6)8(13)10-7(5)12;6-3-2-7-5(9)1-4(3)8;8-2(9)1-5-3(10)7-4(11)6-1;/h4,6H,1-3H2,(H,10,12,13);1-2H,(H2,7,8,9);(H,8,9)(H2,5,6,7,10,11);. The Bertz CT molecular complexity index is 1430. The number of aromatic carboxylic acids is 1. The number of nitrogens with one attached hydrogen (secondary N) is 4. The van der Waals surface area contributed by atoms with Gasteiger partial charge in [0.25, 0.3) is 11.1 Å². The van der Waals surface area contributed by atoms with Crippen LogP contribution in [0.25, 0.3) is 0 Å². The molecule has 15 nitrogen and oxygen atoms in total. The summed E-state index contributed by atoms with van der Waals surface area (Å²) in [5, 5.41) is 17.1. The van der Waals surface area contributed by atoms with Crippen LogP contribution in [0.3, 0.4) is 0 Å². The van der Waals surface area contributed by atoms with Gasteiger partial charge >= 0.3 is 23.0 Å². The smallest absolute Gasteiger partial charge is 0.372 e. The van der Waals surface area contributed by atoms with Gasteiger partial charge in [-0.3, -0.25) is 29.1 Å². The molecule has 0 spiro atoms. The van der Waals surface area contributed by atoms with Crippen molar-refractivity contribution in [1.82, 2.24) is 29.5 Å². The molecule has 4 rings (SSSR count). The fraction of sp³-hybridized carbons (Fsp3) is 0.235. The van der Waals surface area contributed by atoms with Gasteiger partial charge in [0, 0.05) is 70.3 Å². The number of nitrogens with zero attached hydrogens (tertiary/aromatic N) is 2. The third kappa shape index (κ3) is 9.47. The molecule has 18 heteroatoms. The Labute approximate surface area is 239 Å². The number of pyridine rings is 1. The van der Waals surface area contributed by atoms with E-state index in [1.807, 2.05) is 9.97 Å². The Hall–Kier alpha value is -2.67. The van der Waals surface area contributed by atoms with E-state index in [0.717, 1.165) is 23.3 Å². The minimum absolute atomic E-state index is 0. The van der Waals surface area contributed by atoms with Crippen molar-refractivity contribution in [2.75, 3.05) is 6.61 Å². The fourth-order valence-corrected chi connectivity index (χ4v) is 2.50. The minimum Gasteiger partial charge on any atom is -0.506 e. The molecule has 1 unspecified atom stereocenters. The van der Waals surface area contributed by atoms with Crippen molar-refractivity contribution in [3.05, 3.63) is 87.3 Å². The maximum absolute atomic E-state index is 12.9. The number of H-pyrrole nitrogens is 4. The third-order valence-corrected chi connectivity index (χ3v) is 4.16. The topological polar surface area (TPSA) is 233 Å². The van der Waals surface area contributed by atoms with Crippen LogP contribution in [-0.4, -0.2) is 104 Å². The van der Waals surface area contributed by atoms with Crippen LogP contribution < -0.4 is 28.2 Å². The SMILES string of the molecule is O=C(O)c1nc(=O)[nH]c(=O)[nH]1.O=c1[nH]c(=O)n(C2CCCO2)cc1F.O=c1cc(O)c(Cl)c[nH]1.[K]. The van der Waals surface area contributed by atoms with Crippen molar-refractivity contribution in [1.29, 1.82) is 0 Å². The van der Waals surface area contributed by atoms with Crippen molar-refractivity contribution in [2.45, 2.75) is 19.1 Å². The van der Waals surface area contributed by atoms with Crippen LogP contribution in [0.15, 0.2) is 42.4 Å². The summed E-state index contributed by atoms with van der Waals surface area (Å²) in [7, 11) is 0. The number of hydrogen-bond donors (Lipinski definition) is 6. The maximum Gasteiger partial charge on any atom is 0.372 e. The van der Waals surface area contributed by atoms with E-state index in [1.165, 1.54) is 6.20 Å². The van der Waals surface area contributed by atoms with Crippen molar-refractivity contribution in [3.8, 4) is 5.75 Å². The molecule has 1 aliphatic heterocycles. The zero-order valence-electron chi connectivity index (χ0n) is 17.8. The van der Waals surface area contributed by atoms with Gasteiger partial charge < -0.3 is 19.9 Å². The van der Waals surface area contributed by atoms with Crippen molar-refractivity contribution in [3.63, 3.8) is 0 Å². The van der Waals surface area contributed by atoms with Crippen molar-refractivity contribution < 1.29 is 24.1 Å². The molecule has 1 aliphatic rings. The van der Waals surface area contributed by atoms with E-state index in [9.17, 15) is 33.2 Å². The first kappa shape index (κ1) is 30.4. The monoisotopic (exact) mass is 541 g/mol. The molecule has 4 heterocycles. The summed E-state index contributed by atoms with van der Waals surface area (Å²) in [4.78, 5) is 73.9. The van der Waals surface area contributed by atoms with E-state index in [2.05, 4.69) is 9.97 Å². The summed E-state index contributed by atoms with van der Waals surface area (Å²) < 4.78 is 19.1. The molecular weight excluding hydrogens is 526 g/mol. The van der Waals surface area contributed by atoms with E-state index in [4.69, 9.17) is 26.6 Å². The third-order valence-electron chi connectivity index (χ3n) is 3.86. The first-order chi connectivity index (χ1) is 16.0. The van der Waals surface area contributed by atoms with Gasteiger partial charge in [-0.25, -0.2) is 19.2 Å². The minimum atomic E-state index is -1.45. The van der Waals surface area contributed by atoms with Gasteiger partial charge in [0.1, 0.15) is 12.0 Å². The number of carboxylic acids is 1. The summed E-state index contributed by atoms with van der Waals surface area (Å²) >= 11 is 5.36. The van der Waals surface area contributed by atoms with E-state index in [0.29, 0.717) is 13.0 Å². The zero-order valence-corrected chi connectivity index (χ0v) is 21.7. The number of halogens is 2. The molecular formula is C17H16ClFKN6O9. The molecule has 183 valence electrons. The molecule has 0 bridgehead atoms. The molecule has 1 saturated heterocycles. The number of aromatic nitrogens is 6. The number of hydrogen-bond acceptors (Lipinski definition) is 9. The largest absolute Gasteiger partial charge is 0.506 e. The van der Waals surface area contributed by atoms with E-state index in [1.54, 1.807) is 4.98 Å². The van der Waals surface area contributed by atoms with Crippen molar-refractivity contribution >= 4 is 69.0 Å². The van der Waals surface area contributed by atoms with Crippen LogP contribution in [0.1, 0.15) is 29.7 Å². The zero-order chi connectivity index (χ0) is 25.4. The predicted molar refractivity (Wildman–Crippen MR) is 117 cm³/mol. The Kier molecular flexibility index (Phi) is 12.2. The van der Waals surface area contributed by atoms with Crippen LogP contribution in [0, 0.1) is 5.82 Å². The molecule has 6 N–H and O–H groups in total. The number of carbonyl (C=O) groups is 1. The first-order valence-corrected chi connectivity index (χ1v) is 9.49. The van der Waals surface area contributed by atoms with Gasteiger partial charge in [0.05, 0.1) is 11.2 Å². The van der Waals surface area contributed by atoms with Gasteiger partial charge in [-0.15, -0.1) is 0 Å². The molecule has 35 heavy (non-hydrogen) atoms. The van der Waals surface area contributed by atoms with Crippen LogP contribution >= 0.6 is 11.6 Å². The molecule has 0 aliphatic carbocycles. The number of rotatable bonds is 2. The predicted octanol–water partition coefficient (Wildman–Crippen LogP) is -1.51. The molecule has 1 atom stereocenters. The molecule has 3 aromatic heterocycles. The van der Waals surface area contributed by atoms with E-state index >= 15 is 0 Å². The molecule has 0 aromatic carbocycles. The number of ether oxygens (including phenoxy) is 1. The summed E-state index contributed by atoms with van der Waals surface area (Å²) in [5.74, 6) is -3.28. The van der Waals surface area contributed by atoms with Crippen LogP contribution in [-0.2, 0) is 4.74 Å². The number of aromatic hydroxyl groups is 1. The Morgan fingerprint density at radius 1 is 1.20 bits per heavy atom. The maximum atomic E-state index is 12.9. The van der Waals surface area contributed by atoms with Gasteiger partial charge in [-0.2, -0.15) is 9.37 Å². The molecule has 0 saturated carbocycles. The van der Waals surface area contributed by atoms with Crippen LogP contribution in [0.4, 0.5) is 4.39 Å². The van der Waals surface area contributed by atoms with Crippen molar-refractivity contribution in [2.24, 2.45) is 0 Å². The molecule has 3 aromatic rings. The Morgan fingerprint density at radius 2 is 1.89 bits per heavy atom. The van der Waals surface area contributed by atoms with Gasteiger partial charge in [0.2, 0.25) is 11.6 Å². The normalized spacial score (nSPS) is 13.9. The molecule has 1 radical (unpaired) electrons. The Balaban J connectivity index is 0.000000266. The second-order valence-electron chi connectivity index (χ2n) is 6.29. The van der Waals surface area contributed by atoms with Crippen LogP contribution in [0.5, 0.6) is 5.75 Å². The van der Waals surface area contributed by atoms with Crippen LogP contribution in [0.2, 0.25) is 5.02 Å². The first-order valence-electron chi connectivity index (χ1n) is 9.11. The molecule has 0 amide bonds. The second-order valence-corrected chi connectivity index (χ2v) is 6.70.